The first-order chi connectivity index (χ1) is 12.1. The number of hydrogen-bond acceptors (Lipinski definition) is 6. The third-order valence-electron chi connectivity index (χ3n) is 4.92. The first kappa shape index (κ1) is 16.1. The second-order valence-corrected chi connectivity index (χ2v) is 7.65. The van der Waals surface area contributed by atoms with E-state index in [9.17, 15) is 9.59 Å². The monoisotopic (exact) mass is 357 g/mol. The SMILES string of the molecule is Nc1ncc(C(=O)N2CCCC3(CC2)CC(=O)c2ccccc2O3)s1. The van der Waals surface area contributed by atoms with Crippen molar-refractivity contribution in [1.82, 2.24) is 9.88 Å². The second kappa shape index (κ2) is 6.15. The molecule has 0 saturated carbocycles. The van der Waals surface area contributed by atoms with Gasteiger partial charge in [-0.05, 0) is 25.0 Å². The van der Waals surface area contributed by atoms with Crippen molar-refractivity contribution in [1.29, 1.82) is 0 Å². The number of amides is 1. The lowest BCUT2D eigenvalue weighted by Crippen LogP contribution is -2.43. The average molecular weight is 357 g/mol. The molecule has 0 radical (unpaired) electrons. The van der Waals surface area contributed by atoms with Crippen LogP contribution in [0.25, 0.3) is 0 Å². The van der Waals surface area contributed by atoms with E-state index in [-0.39, 0.29) is 11.7 Å². The maximum absolute atomic E-state index is 12.6. The van der Waals surface area contributed by atoms with Gasteiger partial charge in [0, 0.05) is 19.5 Å². The molecule has 1 aromatic heterocycles. The largest absolute Gasteiger partial charge is 0.486 e. The number of nitrogens with zero attached hydrogens (tertiary/aromatic N) is 2. The van der Waals surface area contributed by atoms with Crippen LogP contribution in [-0.4, -0.2) is 40.3 Å². The van der Waals surface area contributed by atoms with Crippen LogP contribution in [-0.2, 0) is 0 Å². The molecule has 7 heteroatoms. The first-order valence-electron chi connectivity index (χ1n) is 8.38. The minimum Gasteiger partial charge on any atom is -0.486 e. The minimum atomic E-state index is -0.507. The zero-order chi connectivity index (χ0) is 17.4. The van der Waals surface area contributed by atoms with E-state index in [1.54, 1.807) is 0 Å². The Labute approximate surface area is 149 Å². The van der Waals surface area contributed by atoms with Crippen LogP contribution in [0.2, 0.25) is 0 Å². The summed E-state index contributed by atoms with van der Waals surface area (Å²) in [5.41, 5.74) is 5.78. The number of hydrogen-bond donors (Lipinski definition) is 1. The fraction of sp³-hybridized carbons (Fsp3) is 0.389. The van der Waals surface area contributed by atoms with Gasteiger partial charge in [-0.15, -0.1) is 0 Å². The molecule has 0 bridgehead atoms. The van der Waals surface area contributed by atoms with Crippen LogP contribution in [0.4, 0.5) is 5.13 Å². The van der Waals surface area contributed by atoms with Gasteiger partial charge < -0.3 is 15.4 Å². The summed E-state index contributed by atoms with van der Waals surface area (Å²) in [6, 6.07) is 7.39. The summed E-state index contributed by atoms with van der Waals surface area (Å²) in [6.45, 7) is 1.21. The molecule has 4 rings (SSSR count). The Kier molecular flexibility index (Phi) is 3.95. The lowest BCUT2D eigenvalue weighted by Gasteiger charge is -2.37. The van der Waals surface area contributed by atoms with Crippen LogP contribution in [0.5, 0.6) is 5.75 Å². The van der Waals surface area contributed by atoms with Crippen molar-refractivity contribution in [2.75, 3.05) is 18.8 Å². The number of benzene rings is 1. The predicted molar refractivity (Wildman–Crippen MR) is 95.0 cm³/mol. The Morgan fingerprint density at radius 3 is 2.92 bits per heavy atom. The highest BCUT2D eigenvalue weighted by molar-refractivity contribution is 7.17. The molecule has 2 aliphatic rings. The van der Waals surface area contributed by atoms with Gasteiger partial charge in [0.1, 0.15) is 16.2 Å². The third-order valence-corrected chi connectivity index (χ3v) is 5.73. The standard InChI is InChI=1S/C18H19N3O3S/c19-17-20-11-15(25-17)16(23)21-8-3-6-18(7-9-21)10-13(22)12-4-1-2-5-14(12)24-18/h1-2,4-5,11H,3,6-10H2,(H2,19,20). The molecular formula is C18H19N3O3S. The molecule has 25 heavy (non-hydrogen) atoms. The number of fused-ring (bicyclic) bond motifs is 1. The smallest absolute Gasteiger partial charge is 0.265 e. The number of ketones is 1. The summed E-state index contributed by atoms with van der Waals surface area (Å²) in [7, 11) is 0. The van der Waals surface area contributed by atoms with Crippen molar-refractivity contribution in [2.24, 2.45) is 0 Å². The maximum Gasteiger partial charge on any atom is 0.265 e. The van der Waals surface area contributed by atoms with Crippen molar-refractivity contribution in [3.63, 3.8) is 0 Å². The minimum absolute atomic E-state index is 0.0474. The Bertz CT molecular complexity index is 834. The van der Waals surface area contributed by atoms with Gasteiger partial charge in [0.05, 0.1) is 18.2 Å². The average Bonchev–Trinajstić information content (AvgIpc) is 2.94. The van der Waals surface area contributed by atoms with Gasteiger partial charge in [0.2, 0.25) is 0 Å². The van der Waals surface area contributed by atoms with Gasteiger partial charge in [-0.3, -0.25) is 9.59 Å². The van der Waals surface area contributed by atoms with Crippen molar-refractivity contribution < 1.29 is 14.3 Å². The second-order valence-electron chi connectivity index (χ2n) is 6.59. The third kappa shape index (κ3) is 3.00. The van der Waals surface area contributed by atoms with Gasteiger partial charge >= 0.3 is 0 Å². The molecule has 1 fully saturated rings. The van der Waals surface area contributed by atoms with Crippen LogP contribution < -0.4 is 10.5 Å². The van der Waals surface area contributed by atoms with E-state index in [4.69, 9.17) is 10.5 Å². The summed E-state index contributed by atoms with van der Waals surface area (Å²) in [6.07, 6.45) is 4.11. The number of rotatable bonds is 1. The van der Waals surface area contributed by atoms with Crippen LogP contribution in [0.1, 0.15) is 45.7 Å². The number of para-hydroxylation sites is 1. The number of nitrogen functional groups attached to an aromatic ring is 1. The van der Waals surface area contributed by atoms with Crippen molar-refractivity contribution in [2.45, 2.75) is 31.3 Å². The summed E-state index contributed by atoms with van der Waals surface area (Å²) in [5.74, 6) is 0.736. The summed E-state index contributed by atoms with van der Waals surface area (Å²) < 4.78 is 6.26. The van der Waals surface area contributed by atoms with E-state index in [1.165, 1.54) is 17.5 Å². The molecule has 0 aliphatic carbocycles. The molecule has 1 amide bonds. The normalized spacial score (nSPS) is 23.0. The lowest BCUT2D eigenvalue weighted by atomic mass is 9.84. The number of aromatic nitrogens is 1. The Balaban J connectivity index is 1.52. The van der Waals surface area contributed by atoms with E-state index in [0.29, 0.717) is 47.3 Å². The number of likely N-dealkylation sites (tertiary alicyclic amines) is 1. The van der Waals surface area contributed by atoms with Crippen molar-refractivity contribution in [3.8, 4) is 5.75 Å². The topological polar surface area (TPSA) is 85.5 Å². The van der Waals surface area contributed by atoms with E-state index in [0.717, 1.165) is 12.8 Å². The molecule has 1 spiro atoms. The number of anilines is 1. The predicted octanol–water partition coefficient (Wildman–Crippen LogP) is 2.76. The fourth-order valence-electron chi connectivity index (χ4n) is 3.64. The quantitative estimate of drug-likeness (QED) is 0.848. The molecule has 2 aromatic rings. The van der Waals surface area contributed by atoms with Crippen molar-refractivity contribution >= 4 is 28.2 Å². The van der Waals surface area contributed by atoms with Gasteiger partial charge in [-0.25, -0.2) is 4.98 Å². The van der Waals surface area contributed by atoms with Gasteiger partial charge in [-0.2, -0.15) is 0 Å². The molecular weight excluding hydrogens is 338 g/mol. The number of nitrogens with two attached hydrogens (primary N) is 1. The van der Waals surface area contributed by atoms with Crippen LogP contribution >= 0.6 is 11.3 Å². The van der Waals surface area contributed by atoms with E-state index in [1.807, 2.05) is 29.2 Å². The van der Waals surface area contributed by atoms with Crippen LogP contribution in [0.3, 0.4) is 0 Å². The number of Topliss-reactive ketones (excluding diaryl/α,β-unsaturated/α-hetero) is 1. The fourth-order valence-corrected chi connectivity index (χ4v) is 4.29. The Hall–Kier alpha value is -2.41. The molecule has 2 N–H and O–H groups in total. The first-order valence-corrected chi connectivity index (χ1v) is 9.20. The van der Waals surface area contributed by atoms with E-state index >= 15 is 0 Å². The molecule has 130 valence electrons. The highest BCUT2D eigenvalue weighted by atomic mass is 32.1. The Morgan fingerprint density at radius 1 is 1.28 bits per heavy atom. The van der Waals surface area contributed by atoms with Crippen LogP contribution in [0, 0.1) is 0 Å². The van der Waals surface area contributed by atoms with E-state index < -0.39 is 5.60 Å². The molecule has 6 nitrogen and oxygen atoms in total. The van der Waals surface area contributed by atoms with Crippen LogP contribution in [0.15, 0.2) is 30.5 Å². The van der Waals surface area contributed by atoms with Gasteiger partial charge in [-0.1, -0.05) is 23.5 Å². The molecule has 1 aromatic carbocycles. The molecule has 2 aliphatic heterocycles. The highest BCUT2D eigenvalue weighted by Crippen LogP contribution is 2.39. The molecule has 3 heterocycles. The van der Waals surface area contributed by atoms with E-state index in [2.05, 4.69) is 4.98 Å². The number of ether oxygens (including phenoxy) is 1. The number of thiazole rings is 1. The molecule has 1 unspecified atom stereocenters. The number of carbonyl (C=O) groups excluding carboxylic acids is 2. The zero-order valence-corrected chi connectivity index (χ0v) is 14.6. The highest BCUT2D eigenvalue weighted by Gasteiger charge is 2.42. The molecule has 1 atom stereocenters. The van der Waals surface area contributed by atoms with Gasteiger partial charge in [0.15, 0.2) is 10.9 Å². The maximum atomic E-state index is 12.6. The zero-order valence-electron chi connectivity index (χ0n) is 13.7. The summed E-state index contributed by atoms with van der Waals surface area (Å²) in [4.78, 5) is 31.5. The lowest BCUT2D eigenvalue weighted by molar-refractivity contribution is 0.0300. The Morgan fingerprint density at radius 2 is 2.12 bits per heavy atom. The van der Waals surface area contributed by atoms with Crippen molar-refractivity contribution in [3.05, 3.63) is 40.9 Å². The molecule has 1 saturated heterocycles. The van der Waals surface area contributed by atoms with Gasteiger partial charge in [0.25, 0.3) is 5.91 Å². The summed E-state index contributed by atoms with van der Waals surface area (Å²) >= 11 is 1.20. The summed E-state index contributed by atoms with van der Waals surface area (Å²) in [5, 5.41) is 0.396. The number of carbonyl (C=O) groups is 2.